The van der Waals surface area contributed by atoms with Gasteiger partial charge < -0.3 is 50.4 Å². The van der Waals surface area contributed by atoms with E-state index in [0.29, 0.717) is 117 Å². The number of carboxylic acid groups (broad SMARTS) is 2. The van der Waals surface area contributed by atoms with Crippen LogP contribution in [0.1, 0.15) is 173 Å². The lowest BCUT2D eigenvalue weighted by atomic mass is 10.0. The van der Waals surface area contributed by atoms with Gasteiger partial charge in [0.15, 0.2) is 0 Å². The molecule has 0 unspecified atom stereocenters. The molecule has 0 aliphatic heterocycles. The molecule has 0 spiro atoms. The van der Waals surface area contributed by atoms with Crippen molar-refractivity contribution in [3.8, 4) is 23.0 Å². The fraction of sp³-hybridized carbons (Fsp3) is 0.386. The van der Waals surface area contributed by atoms with E-state index in [1.807, 2.05) is 170 Å². The van der Waals surface area contributed by atoms with Gasteiger partial charge in [0, 0.05) is 78.0 Å². The largest absolute Gasteiger partial charge is 0.489 e. The third-order valence-corrected chi connectivity index (χ3v) is 18.5. The molecule has 2 atom stereocenters. The van der Waals surface area contributed by atoms with E-state index in [0.717, 1.165) is 119 Å². The Balaban J connectivity index is 0.846. The predicted octanol–water partition coefficient (Wildman–Crippen LogP) is 15.9. The molecule has 0 aliphatic rings. The van der Waals surface area contributed by atoms with Crippen LogP contribution < -0.4 is 40.2 Å². The molecule has 8 aromatic rings. The fourth-order valence-electron chi connectivity index (χ4n) is 12.5. The van der Waals surface area contributed by atoms with Crippen LogP contribution in [0.4, 0.5) is 0 Å². The summed E-state index contributed by atoms with van der Waals surface area (Å²) in [5.41, 5.74) is 8.41. The second-order valence-corrected chi connectivity index (χ2v) is 27.1. The summed E-state index contributed by atoms with van der Waals surface area (Å²) in [6, 6.07) is 71.4. The molecule has 8 rings (SSSR count). The number of carbonyl (C=O) groups is 6. The van der Waals surface area contributed by atoms with Crippen LogP contribution in [0, 0.1) is 0 Å². The van der Waals surface area contributed by atoms with Gasteiger partial charge in [-0.25, -0.2) is 0 Å². The summed E-state index contributed by atoms with van der Waals surface area (Å²) in [7, 11) is 0. The van der Waals surface area contributed by atoms with Gasteiger partial charge in [-0.2, -0.15) is 0 Å². The number of nitrogens with zero attached hydrogens (tertiary/aromatic N) is 2. The number of benzene rings is 8. The molecule has 0 aliphatic carbocycles. The van der Waals surface area contributed by atoms with E-state index in [4.69, 9.17) is 29.2 Å². The van der Waals surface area contributed by atoms with Gasteiger partial charge in [0.2, 0.25) is 23.6 Å². The van der Waals surface area contributed by atoms with Gasteiger partial charge in [-0.3, -0.25) is 38.6 Å². The van der Waals surface area contributed by atoms with Gasteiger partial charge >= 0.3 is 11.9 Å². The van der Waals surface area contributed by atoms with Crippen molar-refractivity contribution in [1.82, 2.24) is 31.1 Å². The minimum absolute atomic E-state index is 0.0474. The maximum atomic E-state index is 14.7. The van der Waals surface area contributed by atoms with Crippen LogP contribution in [0.25, 0.3) is 0 Å². The van der Waals surface area contributed by atoms with Crippen LogP contribution in [0.3, 0.4) is 0 Å². The second-order valence-electron chi connectivity index (χ2n) is 27.1. The average Bonchev–Trinajstić information content (AvgIpc) is 0.849. The first-order chi connectivity index (χ1) is 51.9. The van der Waals surface area contributed by atoms with Crippen LogP contribution in [0.2, 0.25) is 0 Å². The van der Waals surface area contributed by atoms with E-state index in [-0.39, 0.29) is 62.2 Å². The molecule has 0 saturated carbocycles. The molecular formula is C88H108N6O12. The van der Waals surface area contributed by atoms with E-state index >= 15 is 0 Å². The summed E-state index contributed by atoms with van der Waals surface area (Å²) in [6.07, 6.45) is 12.2. The number of nitrogens with one attached hydrogen (secondary N) is 4. The number of carboxylic acids is 2. The summed E-state index contributed by atoms with van der Waals surface area (Å²) in [4.78, 5) is 81.1. The van der Waals surface area contributed by atoms with E-state index < -0.39 is 24.0 Å². The zero-order valence-corrected chi connectivity index (χ0v) is 61.4. The highest BCUT2D eigenvalue weighted by Gasteiger charge is 2.28. The summed E-state index contributed by atoms with van der Waals surface area (Å²) in [5.74, 6) is 0.691. The Morgan fingerprint density at radius 2 is 0.519 bits per heavy atom. The SMILES string of the molecule is O=C(O)CCCC(=O)NCCCC[C@@H](C(=O)NCCCCCCCCCCNC(=O)[C@H](CCCCNC(=O)CCCC(=O)O)N(Cc1ccc(OCc2ccccc2)cc1)Cc1ccc(OCc2ccccc2)cc1)N(Cc1ccc(OCc2ccccc2)cc1)Cc1ccc(OCc2ccccc2)cc1. The monoisotopic (exact) mass is 1440 g/mol. The third kappa shape index (κ3) is 32.8. The summed E-state index contributed by atoms with van der Waals surface area (Å²) in [5, 5.41) is 30.6. The van der Waals surface area contributed by atoms with Crippen molar-refractivity contribution in [1.29, 1.82) is 0 Å². The lowest BCUT2D eigenvalue weighted by Crippen LogP contribution is -2.46. The molecule has 0 saturated heterocycles. The normalized spacial score (nSPS) is 11.7. The van der Waals surface area contributed by atoms with Gasteiger partial charge in [0.25, 0.3) is 0 Å². The van der Waals surface area contributed by atoms with Gasteiger partial charge in [-0.1, -0.05) is 208 Å². The molecular weight excluding hydrogens is 1330 g/mol. The Kier molecular flexibility index (Phi) is 36.8. The molecule has 0 aromatic heterocycles. The molecule has 6 N–H and O–H groups in total. The van der Waals surface area contributed by atoms with Crippen molar-refractivity contribution in [3.05, 3.63) is 263 Å². The number of amides is 4. The van der Waals surface area contributed by atoms with E-state index in [9.17, 15) is 28.8 Å². The minimum Gasteiger partial charge on any atom is -0.489 e. The van der Waals surface area contributed by atoms with Crippen molar-refractivity contribution in [3.63, 3.8) is 0 Å². The van der Waals surface area contributed by atoms with Crippen molar-refractivity contribution in [2.24, 2.45) is 0 Å². The van der Waals surface area contributed by atoms with Crippen molar-refractivity contribution in [2.75, 3.05) is 26.2 Å². The van der Waals surface area contributed by atoms with Crippen molar-refractivity contribution in [2.45, 2.75) is 193 Å². The summed E-state index contributed by atoms with van der Waals surface area (Å²) < 4.78 is 24.6. The second kappa shape index (κ2) is 47.9. The predicted molar refractivity (Wildman–Crippen MR) is 415 cm³/mol. The lowest BCUT2D eigenvalue weighted by Gasteiger charge is -2.31. The van der Waals surface area contributed by atoms with Crippen LogP contribution in [0.5, 0.6) is 23.0 Å². The molecule has 18 nitrogen and oxygen atoms in total. The number of ether oxygens (including phenoxy) is 4. The van der Waals surface area contributed by atoms with Crippen LogP contribution in [-0.4, -0.2) is 93.8 Å². The maximum Gasteiger partial charge on any atom is 0.303 e. The zero-order chi connectivity index (χ0) is 74.4. The lowest BCUT2D eigenvalue weighted by molar-refractivity contribution is -0.138. The summed E-state index contributed by atoms with van der Waals surface area (Å²) in [6.45, 7) is 5.67. The molecule has 0 fully saturated rings. The van der Waals surface area contributed by atoms with Gasteiger partial charge in [0.1, 0.15) is 49.4 Å². The van der Waals surface area contributed by atoms with Crippen LogP contribution in [-0.2, 0) is 81.4 Å². The number of rotatable bonds is 53. The average molecular weight is 1440 g/mol. The highest BCUT2D eigenvalue weighted by atomic mass is 16.5. The smallest absolute Gasteiger partial charge is 0.303 e. The Morgan fingerprint density at radius 3 is 0.783 bits per heavy atom. The molecule has 0 bridgehead atoms. The van der Waals surface area contributed by atoms with E-state index in [1.165, 1.54) is 0 Å². The Labute approximate surface area is 626 Å². The molecule has 18 heteroatoms. The molecule has 0 heterocycles. The van der Waals surface area contributed by atoms with Crippen LogP contribution in [0.15, 0.2) is 218 Å². The zero-order valence-electron chi connectivity index (χ0n) is 61.4. The van der Waals surface area contributed by atoms with E-state index in [2.05, 4.69) is 79.6 Å². The third-order valence-electron chi connectivity index (χ3n) is 18.5. The molecule has 4 amide bonds. The van der Waals surface area contributed by atoms with Gasteiger partial charge in [-0.15, -0.1) is 0 Å². The first kappa shape index (κ1) is 81.4. The number of hydrogen-bond donors (Lipinski definition) is 6. The van der Waals surface area contributed by atoms with Crippen molar-refractivity contribution >= 4 is 35.6 Å². The minimum atomic E-state index is -0.927. The van der Waals surface area contributed by atoms with Gasteiger partial charge in [-0.05, 0) is 157 Å². The highest BCUT2D eigenvalue weighted by molar-refractivity contribution is 5.82. The van der Waals surface area contributed by atoms with E-state index in [1.54, 1.807) is 0 Å². The molecule has 562 valence electrons. The van der Waals surface area contributed by atoms with Crippen LogP contribution >= 0.6 is 0 Å². The number of aliphatic carboxylic acids is 2. The Bertz CT molecular complexity index is 3370. The number of unbranched alkanes of at least 4 members (excludes halogenated alkanes) is 9. The fourth-order valence-corrected chi connectivity index (χ4v) is 12.5. The number of carbonyl (C=O) groups excluding carboxylic acids is 4. The van der Waals surface area contributed by atoms with Crippen molar-refractivity contribution < 1.29 is 57.9 Å². The Morgan fingerprint density at radius 1 is 0.274 bits per heavy atom. The topological polar surface area (TPSA) is 234 Å². The van der Waals surface area contributed by atoms with Gasteiger partial charge in [0.05, 0.1) is 12.1 Å². The standard InChI is InChI=1S/C88H108N6O12/c95-83(37-25-39-85(97)98)89-57-23-19-35-81(93(61-69-41-49-77(50-42-69)103-65-73-27-11-7-12-28-73)62-70-43-51-78(52-44-70)104-66-74-29-13-8-14-30-74)87(101)91-59-21-5-3-1-2-4-6-22-60-92-88(102)82(36-20-24-58-90-84(96)38-26-40-86(99)100)94(63-71-45-53-79(54-46-71)105-67-75-31-15-9-16-32-75)64-72-47-55-80(56-48-72)106-68-76-33-17-10-18-34-76/h7-18,27-34,41-56,81-82H,1-6,19-26,35-40,57-68H2,(H,89,95)(H,90,96)(H,91,101)(H,92,102)(H,97,98)(H,99,100)/t81-,82-/m0/s1. The molecule has 8 aromatic carbocycles. The number of hydrogen-bond acceptors (Lipinski definition) is 12. The Hall–Kier alpha value is -10.3. The maximum absolute atomic E-state index is 14.7. The molecule has 0 radical (unpaired) electrons. The quantitative estimate of drug-likeness (QED) is 0.0195. The summed E-state index contributed by atoms with van der Waals surface area (Å²) >= 11 is 0. The molecule has 106 heavy (non-hydrogen) atoms. The highest BCUT2D eigenvalue weighted by Crippen LogP contribution is 2.26. The first-order valence-electron chi connectivity index (χ1n) is 37.9. The first-order valence-corrected chi connectivity index (χ1v) is 37.9.